The predicted molar refractivity (Wildman–Crippen MR) is 79.9 cm³/mol. The number of esters is 1. The van der Waals surface area contributed by atoms with Crippen molar-refractivity contribution in [1.29, 1.82) is 0 Å². The molecule has 5 nitrogen and oxygen atoms in total. The van der Waals surface area contributed by atoms with Crippen LogP contribution in [0.25, 0.3) is 0 Å². The molecule has 20 heavy (non-hydrogen) atoms. The van der Waals surface area contributed by atoms with E-state index in [4.69, 9.17) is 9.15 Å². The zero-order valence-corrected chi connectivity index (χ0v) is 13.5. The molecule has 0 aromatic carbocycles. The number of ether oxygens (including phenoxy) is 1. The molecule has 0 bridgehead atoms. The maximum absolute atomic E-state index is 12.0. The summed E-state index contributed by atoms with van der Waals surface area (Å²) in [6.45, 7) is 8.75. The molecule has 0 aliphatic carbocycles. The molecule has 0 amide bonds. The van der Waals surface area contributed by atoms with Crippen LogP contribution in [0.4, 0.5) is 0 Å². The molecular formula is C14H24N2O3S. The molecule has 0 fully saturated rings. The van der Waals surface area contributed by atoms with Gasteiger partial charge >= 0.3 is 5.97 Å². The Labute approximate surface area is 124 Å². The van der Waals surface area contributed by atoms with Crippen molar-refractivity contribution in [2.24, 2.45) is 0 Å². The molecule has 0 saturated heterocycles. The SMILES string of the molecule is CCNC(C)(CCCSc1nc(C)co1)C(=O)OCC. The summed E-state index contributed by atoms with van der Waals surface area (Å²) in [6, 6.07) is 0. The summed E-state index contributed by atoms with van der Waals surface area (Å²) >= 11 is 1.57. The number of aromatic nitrogens is 1. The van der Waals surface area contributed by atoms with Crippen LogP contribution in [0, 0.1) is 6.92 Å². The van der Waals surface area contributed by atoms with Gasteiger partial charge in [-0.05, 0) is 40.2 Å². The van der Waals surface area contributed by atoms with E-state index in [-0.39, 0.29) is 5.97 Å². The van der Waals surface area contributed by atoms with Gasteiger partial charge in [0.1, 0.15) is 11.8 Å². The maximum Gasteiger partial charge on any atom is 0.326 e. The first kappa shape index (κ1) is 17.0. The lowest BCUT2D eigenvalue weighted by Gasteiger charge is -2.27. The normalized spacial score (nSPS) is 14.0. The number of hydrogen-bond acceptors (Lipinski definition) is 6. The number of hydrogen-bond donors (Lipinski definition) is 1. The Balaban J connectivity index is 2.40. The third-order valence-corrected chi connectivity index (χ3v) is 3.86. The standard InChI is InChI=1S/C14H24N2O3S/c1-5-15-14(4,12(17)18-6-2)8-7-9-20-13-16-11(3)10-19-13/h10,15H,5-9H2,1-4H3. The monoisotopic (exact) mass is 300 g/mol. The molecule has 1 N–H and O–H groups in total. The van der Waals surface area contributed by atoms with E-state index in [1.165, 1.54) is 0 Å². The van der Waals surface area contributed by atoms with Gasteiger partial charge in [-0.3, -0.25) is 4.79 Å². The fraction of sp³-hybridized carbons (Fsp3) is 0.714. The largest absolute Gasteiger partial charge is 0.465 e. The van der Waals surface area contributed by atoms with Crippen molar-refractivity contribution >= 4 is 17.7 Å². The molecule has 0 radical (unpaired) electrons. The highest BCUT2D eigenvalue weighted by atomic mass is 32.2. The quantitative estimate of drug-likeness (QED) is 0.430. The maximum atomic E-state index is 12.0. The number of likely N-dealkylation sites (N-methyl/N-ethyl adjacent to an activating group) is 1. The van der Waals surface area contributed by atoms with Gasteiger partial charge in [0.2, 0.25) is 0 Å². The number of carbonyl (C=O) groups excluding carboxylic acids is 1. The first-order chi connectivity index (χ1) is 9.51. The van der Waals surface area contributed by atoms with Crippen molar-refractivity contribution < 1.29 is 13.9 Å². The Morgan fingerprint density at radius 3 is 2.85 bits per heavy atom. The fourth-order valence-electron chi connectivity index (χ4n) is 1.93. The average Bonchev–Trinajstić information content (AvgIpc) is 2.81. The molecule has 0 saturated carbocycles. The number of rotatable bonds is 9. The van der Waals surface area contributed by atoms with Crippen LogP contribution in [-0.2, 0) is 9.53 Å². The molecule has 1 atom stereocenters. The van der Waals surface area contributed by atoms with Crippen molar-refractivity contribution in [2.45, 2.75) is 51.3 Å². The molecule has 1 aromatic rings. The number of aryl methyl sites for hydroxylation is 1. The van der Waals surface area contributed by atoms with E-state index in [1.54, 1.807) is 18.0 Å². The summed E-state index contributed by atoms with van der Waals surface area (Å²) in [5.41, 5.74) is 0.272. The van der Waals surface area contributed by atoms with Crippen LogP contribution in [0.1, 0.15) is 39.3 Å². The van der Waals surface area contributed by atoms with Gasteiger partial charge in [0.25, 0.3) is 5.22 Å². The molecule has 0 spiro atoms. The minimum absolute atomic E-state index is 0.182. The van der Waals surface area contributed by atoms with Crippen LogP contribution >= 0.6 is 11.8 Å². The van der Waals surface area contributed by atoms with Crippen LogP contribution in [-0.4, -0.2) is 35.4 Å². The fourth-order valence-corrected chi connectivity index (χ4v) is 2.72. The van der Waals surface area contributed by atoms with E-state index in [2.05, 4.69) is 10.3 Å². The lowest BCUT2D eigenvalue weighted by molar-refractivity contribution is -0.150. The van der Waals surface area contributed by atoms with Gasteiger partial charge in [0, 0.05) is 5.75 Å². The van der Waals surface area contributed by atoms with Gasteiger partial charge in [0.15, 0.2) is 0 Å². The Morgan fingerprint density at radius 2 is 2.30 bits per heavy atom. The first-order valence-electron chi connectivity index (χ1n) is 6.99. The van der Waals surface area contributed by atoms with E-state index in [1.807, 2.05) is 27.7 Å². The second-order valence-corrected chi connectivity index (χ2v) is 5.84. The molecular weight excluding hydrogens is 276 g/mol. The molecule has 0 aliphatic rings. The first-order valence-corrected chi connectivity index (χ1v) is 7.97. The number of carbonyl (C=O) groups is 1. The molecule has 1 aromatic heterocycles. The zero-order valence-electron chi connectivity index (χ0n) is 12.7. The Bertz CT molecular complexity index is 422. The summed E-state index contributed by atoms with van der Waals surface area (Å²) in [7, 11) is 0. The van der Waals surface area contributed by atoms with E-state index in [9.17, 15) is 4.79 Å². The van der Waals surface area contributed by atoms with Crippen molar-refractivity contribution in [3.05, 3.63) is 12.0 Å². The smallest absolute Gasteiger partial charge is 0.326 e. The van der Waals surface area contributed by atoms with Crippen molar-refractivity contribution in [2.75, 3.05) is 18.9 Å². The summed E-state index contributed by atoms with van der Waals surface area (Å²) in [5.74, 6) is 0.680. The Kier molecular flexibility index (Phi) is 7.09. The van der Waals surface area contributed by atoms with E-state index >= 15 is 0 Å². The summed E-state index contributed by atoms with van der Waals surface area (Å²) < 4.78 is 10.4. The van der Waals surface area contributed by atoms with Crippen molar-refractivity contribution in [3.63, 3.8) is 0 Å². The van der Waals surface area contributed by atoms with Crippen molar-refractivity contribution in [1.82, 2.24) is 10.3 Å². The topological polar surface area (TPSA) is 64.4 Å². The number of nitrogens with one attached hydrogen (secondary N) is 1. The molecule has 1 unspecified atom stereocenters. The molecule has 114 valence electrons. The van der Waals surface area contributed by atoms with Gasteiger partial charge in [-0.1, -0.05) is 18.7 Å². The van der Waals surface area contributed by atoms with Crippen LogP contribution in [0.2, 0.25) is 0 Å². The molecule has 1 heterocycles. The van der Waals surface area contributed by atoms with Gasteiger partial charge in [-0.25, -0.2) is 4.98 Å². The predicted octanol–water partition coefficient (Wildman–Crippen LogP) is 2.79. The van der Waals surface area contributed by atoms with Crippen LogP contribution < -0.4 is 5.32 Å². The lowest BCUT2D eigenvalue weighted by atomic mass is 9.96. The summed E-state index contributed by atoms with van der Waals surface area (Å²) in [6.07, 6.45) is 3.25. The zero-order chi connectivity index (χ0) is 15.0. The van der Waals surface area contributed by atoms with Crippen LogP contribution in [0.5, 0.6) is 0 Å². The van der Waals surface area contributed by atoms with E-state index < -0.39 is 5.54 Å². The number of nitrogens with zero attached hydrogens (tertiary/aromatic N) is 1. The molecule has 1 rings (SSSR count). The van der Waals surface area contributed by atoms with Crippen molar-refractivity contribution in [3.8, 4) is 0 Å². The summed E-state index contributed by atoms with van der Waals surface area (Å²) in [5, 5.41) is 3.91. The second-order valence-electron chi connectivity index (χ2n) is 4.79. The minimum Gasteiger partial charge on any atom is -0.465 e. The van der Waals surface area contributed by atoms with Gasteiger partial charge in [-0.2, -0.15) is 0 Å². The van der Waals surface area contributed by atoms with Crippen LogP contribution in [0.3, 0.4) is 0 Å². The minimum atomic E-state index is -0.613. The lowest BCUT2D eigenvalue weighted by Crippen LogP contribution is -2.50. The Morgan fingerprint density at radius 1 is 1.55 bits per heavy atom. The average molecular weight is 300 g/mol. The van der Waals surface area contributed by atoms with Crippen LogP contribution in [0.15, 0.2) is 15.9 Å². The third kappa shape index (κ3) is 5.17. The number of oxazole rings is 1. The summed E-state index contributed by atoms with van der Waals surface area (Å²) in [4.78, 5) is 16.2. The third-order valence-electron chi connectivity index (χ3n) is 2.94. The molecule has 6 heteroatoms. The highest BCUT2D eigenvalue weighted by Crippen LogP contribution is 2.21. The number of thioether (sulfide) groups is 1. The highest BCUT2D eigenvalue weighted by Gasteiger charge is 2.33. The van der Waals surface area contributed by atoms with Gasteiger partial charge in [0.05, 0.1) is 12.3 Å². The Hall–Kier alpha value is -1.01. The van der Waals surface area contributed by atoms with E-state index in [0.29, 0.717) is 11.8 Å². The van der Waals surface area contributed by atoms with Gasteiger partial charge < -0.3 is 14.5 Å². The highest BCUT2D eigenvalue weighted by molar-refractivity contribution is 7.99. The van der Waals surface area contributed by atoms with Gasteiger partial charge in [-0.15, -0.1) is 0 Å². The molecule has 0 aliphatic heterocycles. The van der Waals surface area contributed by atoms with E-state index in [0.717, 1.165) is 30.8 Å². The second kappa shape index (κ2) is 8.32.